The molecule has 1 amide bonds. The Balaban J connectivity index is 1.59. The number of hydrogen-bond acceptors (Lipinski definition) is 5. The van der Waals surface area contributed by atoms with E-state index in [9.17, 15) is 4.79 Å². The number of rotatable bonds is 7. The normalized spacial score (nSPS) is 16.8. The summed E-state index contributed by atoms with van der Waals surface area (Å²) in [7, 11) is 1.57. The number of thiocarbonyl (C=S) groups is 1. The minimum absolute atomic E-state index is 0.0954. The Morgan fingerprint density at radius 1 is 1.18 bits per heavy atom. The third kappa shape index (κ3) is 4.85. The molecule has 38 heavy (non-hydrogen) atoms. The van der Waals surface area contributed by atoms with Crippen LogP contribution in [0.3, 0.4) is 0 Å². The van der Waals surface area contributed by atoms with Crippen molar-refractivity contribution in [3.63, 3.8) is 0 Å². The zero-order valence-corrected chi connectivity index (χ0v) is 22.8. The number of nitrogens with one attached hydrogen (secondary N) is 2. The lowest BCUT2D eigenvalue weighted by Gasteiger charge is -2.27. The molecule has 0 radical (unpaired) electrons. The summed E-state index contributed by atoms with van der Waals surface area (Å²) >= 11 is 12.2. The average molecular weight is 547 g/mol. The largest absolute Gasteiger partial charge is 0.494 e. The Hall–Kier alpha value is -3.88. The maximum atomic E-state index is 12.0. The van der Waals surface area contributed by atoms with Crippen molar-refractivity contribution in [2.45, 2.75) is 32.4 Å². The van der Waals surface area contributed by atoms with E-state index in [1.54, 1.807) is 20.2 Å². The predicted molar refractivity (Wildman–Crippen MR) is 154 cm³/mol. The van der Waals surface area contributed by atoms with Crippen molar-refractivity contribution < 1.29 is 13.9 Å². The average Bonchev–Trinajstić information content (AvgIpc) is 3.55. The molecule has 0 spiro atoms. The Kier molecular flexibility index (Phi) is 7.35. The van der Waals surface area contributed by atoms with Crippen molar-refractivity contribution in [2.24, 2.45) is 0 Å². The Morgan fingerprint density at radius 3 is 2.76 bits per heavy atom. The Bertz CT molecular complexity index is 1490. The van der Waals surface area contributed by atoms with E-state index in [-0.39, 0.29) is 18.0 Å². The monoisotopic (exact) mass is 546 g/mol. The number of carbonyl (C=O) groups excluding carboxylic acids is 1. The first-order chi connectivity index (χ1) is 18.4. The van der Waals surface area contributed by atoms with Gasteiger partial charge in [-0.2, -0.15) is 0 Å². The SMILES string of the molecule is CCC(=O)Nc1ccc(N2C(=S)NC(c3ccccn3)C2c2ccc(-c3cccc(Cl)c3C)o2)cc1OC. The van der Waals surface area contributed by atoms with E-state index in [2.05, 4.69) is 15.6 Å². The number of ether oxygens (including phenoxy) is 1. The summed E-state index contributed by atoms with van der Waals surface area (Å²) in [6.45, 7) is 3.77. The van der Waals surface area contributed by atoms with Gasteiger partial charge in [-0.3, -0.25) is 9.78 Å². The standard InChI is InChI=1S/C29H27ClN4O3S/c1-4-26(35)32-21-12-11-18(16-25(21)36-3)34-28(27(33-29(34)38)22-10-5-6-15-31-22)24-14-13-23(37-24)19-8-7-9-20(30)17(19)2/h5-16,27-28H,4H2,1-3H3,(H,32,35)(H,33,38). The van der Waals surface area contributed by atoms with Crippen LogP contribution >= 0.6 is 23.8 Å². The number of methoxy groups -OCH3 is 1. The number of hydrogen-bond donors (Lipinski definition) is 2. The zero-order chi connectivity index (χ0) is 26.8. The van der Waals surface area contributed by atoms with Gasteiger partial charge in [-0.1, -0.05) is 36.7 Å². The molecule has 1 aliphatic rings. The fourth-order valence-electron chi connectivity index (χ4n) is 4.62. The molecule has 3 heterocycles. The highest BCUT2D eigenvalue weighted by atomic mass is 35.5. The van der Waals surface area contributed by atoms with Gasteiger partial charge in [-0.15, -0.1) is 0 Å². The van der Waals surface area contributed by atoms with Crippen LogP contribution in [0, 0.1) is 6.92 Å². The van der Waals surface area contributed by atoms with Gasteiger partial charge in [0.1, 0.15) is 23.3 Å². The van der Waals surface area contributed by atoms with Gasteiger partial charge >= 0.3 is 0 Å². The summed E-state index contributed by atoms with van der Waals surface area (Å²) in [6, 6.07) is 20.4. The van der Waals surface area contributed by atoms with Crippen LogP contribution in [0.4, 0.5) is 11.4 Å². The van der Waals surface area contributed by atoms with Crippen molar-refractivity contribution in [1.82, 2.24) is 10.3 Å². The second-order valence-corrected chi connectivity index (χ2v) is 9.69. The summed E-state index contributed by atoms with van der Waals surface area (Å²) in [5, 5.41) is 7.52. The summed E-state index contributed by atoms with van der Waals surface area (Å²) in [4.78, 5) is 18.6. The van der Waals surface area contributed by atoms with E-state index in [1.807, 2.05) is 78.6 Å². The lowest BCUT2D eigenvalue weighted by Crippen LogP contribution is -2.29. The summed E-state index contributed by atoms with van der Waals surface area (Å²) in [6.07, 6.45) is 2.13. The van der Waals surface area contributed by atoms with Crippen molar-refractivity contribution in [3.8, 4) is 17.1 Å². The van der Waals surface area contributed by atoms with E-state index in [0.29, 0.717) is 39.5 Å². The maximum absolute atomic E-state index is 12.0. The number of benzene rings is 2. The number of anilines is 2. The first kappa shape index (κ1) is 25.8. The van der Waals surface area contributed by atoms with Crippen LogP contribution in [0.2, 0.25) is 5.02 Å². The Morgan fingerprint density at radius 2 is 2.03 bits per heavy atom. The van der Waals surface area contributed by atoms with Gasteiger partial charge in [0, 0.05) is 35.0 Å². The van der Waals surface area contributed by atoms with Gasteiger partial charge in [0.15, 0.2) is 5.11 Å². The molecule has 0 saturated carbocycles. The van der Waals surface area contributed by atoms with Gasteiger partial charge in [0.2, 0.25) is 5.91 Å². The molecule has 7 nitrogen and oxygen atoms in total. The number of amides is 1. The quantitative estimate of drug-likeness (QED) is 0.246. The van der Waals surface area contributed by atoms with Gasteiger partial charge in [0.25, 0.3) is 0 Å². The molecule has 2 unspecified atom stereocenters. The van der Waals surface area contributed by atoms with Crippen LogP contribution in [0.15, 0.2) is 77.3 Å². The highest BCUT2D eigenvalue weighted by Crippen LogP contribution is 2.44. The minimum Gasteiger partial charge on any atom is -0.494 e. The van der Waals surface area contributed by atoms with Gasteiger partial charge in [-0.05, 0) is 67.2 Å². The molecule has 2 N–H and O–H groups in total. The molecule has 1 saturated heterocycles. The number of nitrogens with zero attached hydrogens (tertiary/aromatic N) is 2. The van der Waals surface area contributed by atoms with E-state index in [1.165, 1.54) is 0 Å². The molecule has 0 bridgehead atoms. The fourth-order valence-corrected chi connectivity index (χ4v) is 5.14. The molecular formula is C29H27ClN4O3S. The van der Waals surface area contributed by atoms with Crippen LogP contribution < -0.4 is 20.3 Å². The van der Waals surface area contributed by atoms with Crippen molar-refractivity contribution in [2.75, 3.05) is 17.3 Å². The van der Waals surface area contributed by atoms with Gasteiger partial charge in [0.05, 0.1) is 24.5 Å². The molecule has 9 heteroatoms. The number of furan rings is 1. The van der Waals surface area contributed by atoms with E-state index >= 15 is 0 Å². The van der Waals surface area contributed by atoms with Crippen LogP contribution in [-0.2, 0) is 4.79 Å². The molecule has 0 aliphatic carbocycles. The number of pyridine rings is 1. The summed E-state index contributed by atoms with van der Waals surface area (Å²) < 4.78 is 12.1. The van der Waals surface area contributed by atoms with Crippen molar-refractivity contribution in [3.05, 3.63) is 95.0 Å². The van der Waals surface area contributed by atoms with E-state index in [4.69, 9.17) is 33.0 Å². The van der Waals surface area contributed by atoms with Crippen LogP contribution in [0.1, 0.15) is 42.4 Å². The third-order valence-corrected chi connectivity index (χ3v) is 7.33. The molecular weight excluding hydrogens is 520 g/mol. The molecule has 1 aliphatic heterocycles. The highest BCUT2D eigenvalue weighted by Gasteiger charge is 2.43. The van der Waals surface area contributed by atoms with Gasteiger partial charge in [-0.25, -0.2) is 0 Å². The second-order valence-electron chi connectivity index (χ2n) is 8.90. The van der Waals surface area contributed by atoms with Crippen molar-refractivity contribution >= 4 is 46.2 Å². The molecule has 5 rings (SSSR count). The van der Waals surface area contributed by atoms with E-state index in [0.717, 1.165) is 22.5 Å². The van der Waals surface area contributed by atoms with Crippen LogP contribution in [0.25, 0.3) is 11.3 Å². The third-order valence-electron chi connectivity index (χ3n) is 6.61. The number of aromatic nitrogens is 1. The molecule has 2 aromatic heterocycles. The van der Waals surface area contributed by atoms with Gasteiger partial charge < -0.3 is 24.7 Å². The topological polar surface area (TPSA) is 79.6 Å². The van der Waals surface area contributed by atoms with E-state index < -0.39 is 0 Å². The summed E-state index contributed by atoms with van der Waals surface area (Å²) in [5.41, 5.74) is 4.08. The molecule has 194 valence electrons. The predicted octanol–water partition coefficient (Wildman–Crippen LogP) is 6.84. The van der Waals surface area contributed by atoms with Crippen LogP contribution in [-0.4, -0.2) is 23.1 Å². The second kappa shape index (κ2) is 10.8. The first-order valence-electron chi connectivity index (χ1n) is 12.2. The molecule has 2 aromatic carbocycles. The lowest BCUT2D eigenvalue weighted by molar-refractivity contribution is -0.115. The summed E-state index contributed by atoms with van der Waals surface area (Å²) in [5.74, 6) is 1.86. The lowest BCUT2D eigenvalue weighted by atomic mass is 10.0. The number of carbonyl (C=O) groups is 1. The maximum Gasteiger partial charge on any atom is 0.224 e. The highest BCUT2D eigenvalue weighted by molar-refractivity contribution is 7.80. The zero-order valence-electron chi connectivity index (χ0n) is 21.2. The van der Waals surface area contributed by atoms with Crippen LogP contribution in [0.5, 0.6) is 5.75 Å². The fraction of sp³-hybridized carbons (Fsp3) is 0.207. The smallest absolute Gasteiger partial charge is 0.224 e. The molecule has 4 aromatic rings. The van der Waals surface area contributed by atoms with Crippen molar-refractivity contribution in [1.29, 1.82) is 0 Å². The number of halogens is 1. The Labute approximate surface area is 231 Å². The first-order valence-corrected chi connectivity index (χ1v) is 13.0. The minimum atomic E-state index is -0.341. The molecule has 2 atom stereocenters. The molecule has 1 fully saturated rings.